The topological polar surface area (TPSA) is 58.0 Å². The third-order valence-electron chi connectivity index (χ3n) is 4.60. The van der Waals surface area contributed by atoms with Crippen LogP contribution in [-0.2, 0) is 6.42 Å². The molecule has 0 aliphatic carbocycles. The van der Waals surface area contributed by atoms with Crippen molar-refractivity contribution in [3.05, 3.63) is 36.2 Å². The molecular formula is C20H32N6. The molecule has 26 heavy (non-hydrogen) atoms. The van der Waals surface area contributed by atoms with E-state index in [-0.39, 0.29) is 0 Å². The van der Waals surface area contributed by atoms with Crippen molar-refractivity contribution in [2.75, 3.05) is 36.5 Å². The fourth-order valence-electron chi connectivity index (χ4n) is 2.78. The molecule has 0 aliphatic rings. The second-order valence-corrected chi connectivity index (χ2v) is 6.87. The van der Waals surface area contributed by atoms with E-state index in [1.165, 1.54) is 0 Å². The maximum Gasteiger partial charge on any atom is 0.147 e. The van der Waals surface area contributed by atoms with Gasteiger partial charge in [-0.25, -0.2) is 9.97 Å². The Morgan fingerprint density at radius 1 is 0.846 bits per heavy atom. The quantitative estimate of drug-likeness (QED) is 0.605. The Morgan fingerprint density at radius 3 is 2.08 bits per heavy atom. The van der Waals surface area contributed by atoms with Gasteiger partial charge in [-0.2, -0.15) is 0 Å². The molecule has 0 N–H and O–H groups in total. The van der Waals surface area contributed by atoms with Gasteiger partial charge in [0.25, 0.3) is 0 Å². The van der Waals surface area contributed by atoms with Gasteiger partial charge in [-0.15, -0.1) is 0 Å². The Labute approximate surface area is 157 Å². The molecule has 0 amide bonds. The highest BCUT2D eigenvalue weighted by molar-refractivity contribution is 5.35. The summed E-state index contributed by atoms with van der Waals surface area (Å²) in [5.41, 5.74) is 2.10. The van der Waals surface area contributed by atoms with Gasteiger partial charge in [0.2, 0.25) is 0 Å². The van der Waals surface area contributed by atoms with Crippen LogP contribution in [0.2, 0.25) is 0 Å². The number of hydrogen-bond acceptors (Lipinski definition) is 6. The first-order chi connectivity index (χ1) is 12.5. The molecule has 0 saturated heterocycles. The molecule has 0 radical (unpaired) electrons. The van der Waals surface area contributed by atoms with Crippen LogP contribution in [0, 0.1) is 0 Å². The van der Waals surface area contributed by atoms with Crippen LogP contribution in [0.3, 0.4) is 0 Å². The summed E-state index contributed by atoms with van der Waals surface area (Å²) in [5, 5.41) is 0. The molecule has 6 nitrogen and oxygen atoms in total. The molecule has 0 fully saturated rings. The average molecular weight is 357 g/mol. The van der Waals surface area contributed by atoms with Crippen LogP contribution >= 0.6 is 0 Å². The number of unbranched alkanes of at least 4 members (excludes halogenated alkanes) is 1. The molecule has 2 heterocycles. The van der Waals surface area contributed by atoms with Gasteiger partial charge >= 0.3 is 0 Å². The van der Waals surface area contributed by atoms with Crippen LogP contribution in [0.5, 0.6) is 0 Å². The van der Waals surface area contributed by atoms with Gasteiger partial charge < -0.3 is 9.80 Å². The van der Waals surface area contributed by atoms with Crippen molar-refractivity contribution in [3.8, 4) is 0 Å². The number of hydrogen-bond donors (Lipinski definition) is 0. The van der Waals surface area contributed by atoms with E-state index in [9.17, 15) is 0 Å². The highest BCUT2D eigenvalue weighted by Gasteiger charge is 2.07. The van der Waals surface area contributed by atoms with Gasteiger partial charge in [-0.05, 0) is 39.0 Å². The third kappa shape index (κ3) is 5.64. The van der Waals surface area contributed by atoms with E-state index < -0.39 is 0 Å². The Balaban J connectivity index is 1.75. The number of rotatable bonds is 10. The largest absolute Gasteiger partial charge is 0.358 e. The van der Waals surface area contributed by atoms with Crippen LogP contribution in [0.1, 0.15) is 57.8 Å². The van der Waals surface area contributed by atoms with E-state index in [2.05, 4.69) is 64.5 Å². The maximum atomic E-state index is 4.56. The zero-order valence-corrected chi connectivity index (χ0v) is 16.8. The Bertz CT molecular complexity index is 634. The van der Waals surface area contributed by atoms with E-state index in [0.717, 1.165) is 61.9 Å². The second-order valence-electron chi connectivity index (χ2n) is 6.87. The minimum absolute atomic E-state index is 0.413. The summed E-state index contributed by atoms with van der Waals surface area (Å²) < 4.78 is 0. The van der Waals surface area contributed by atoms with Crippen LogP contribution in [0.25, 0.3) is 0 Å². The minimum atomic E-state index is 0.413. The monoisotopic (exact) mass is 356 g/mol. The molecule has 6 heteroatoms. The van der Waals surface area contributed by atoms with E-state index in [1.807, 2.05) is 24.8 Å². The number of aromatic nitrogens is 4. The summed E-state index contributed by atoms with van der Waals surface area (Å²) >= 11 is 0. The summed E-state index contributed by atoms with van der Waals surface area (Å²) in [6, 6.07) is 0. The van der Waals surface area contributed by atoms with Gasteiger partial charge in [0.1, 0.15) is 11.6 Å². The smallest absolute Gasteiger partial charge is 0.147 e. The molecule has 0 saturated carbocycles. The van der Waals surface area contributed by atoms with Crippen molar-refractivity contribution in [1.29, 1.82) is 0 Å². The zero-order valence-electron chi connectivity index (χ0n) is 16.8. The molecule has 0 spiro atoms. The molecule has 0 unspecified atom stereocenters. The third-order valence-corrected chi connectivity index (χ3v) is 4.60. The Morgan fingerprint density at radius 2 is 1.54 bits per heavy atom. The molecular weight excluding hydrogens is 324 g/mol. The number of aryl methyl sites for hydroxylation is 1. The molecule has 2 aromatic heterocycles. The lowest BCUT2D eigenvalue weighted by Crippen LogP contribution is -2.23. The highest BCUT2D eigenvalue weighted by atomic mass is 15.2. The Hall–Kier alpha value is -2.24. The Kier molecular flexibility index (Phi) is 7.75. The summed E-state index contributed by atoms with van der Waals surface area (Å²) in [7, 11) is 2.07. The van der Waals surface area contributed by atoms with Crippen molar-refractivity contribution in [3.63, 3.8) is 0 Å². The second kappa shape index (κ2) is 10.0. The van der Waals surface area contributed by atoms with Crippen molar-refractivity contribution in [2.24, 2.45) is 0 Å². The predicted octanol–water partition coefficient (Wildman–Crippen LogP) is 3.70. The lowest BCUT2D eigenvalue weighted by atomic mass is 10.1. The lowest BCUT2D eigenvalue weighted by molar-refractivity contribution is 0.700. The molecule has 0 bridgehead atoms. The van der Waals surface area contributed by atoms with Crippen molar-refractivity contribution in [2.45, 2.75) is 52.9 Å². The van der Waals surface area contributed by atoms with Crippen LogP contribution < -0.4 is 9.80 Å². The van der Waals surface area contributed by atoms with Gasteiger partial charge in [-0.1, -0.05) is 13.8 Å². The van der Waals surface area contributed by atoms with E-state index >= 15 is 0 Å². The SMILES string of the molecule is CCN(CC)c1cnc(CCCCN(C)c2cnc(C(C)C)cn2)cn1. The first kappa shape index (κ1) is 20.1. The first-order valence-electron chi connectivity index (χ1n) is 9.64. The summed E-state index contributed by atoms with van der Waals surface area (Å²) in [6.45, 7) is 11.4. The normalized spacial score (nSPS) is 11.0. The van der Waals surface area contributed by atoms with Crippen LogP contribution in [-0.4, -0.2) is 46.6 Å². The first-order valence-corrected chi connectivity index (χ1v) is 9.64. The number of nitrogens with zero attached hydrogens (tertiary/aromatic N) is 6. The number of anilines is 2. The van der Waals surface area contributed by atoms with Crippen LogP contribution in [0.15, 0.2) is 24.8 Å². The molecule has 0 aromatic carbocycles. The highest BCUT2D eigenvalue weighted by Crippen LogP contribution is 2.14. The molecule has 2 aromatic rings. The summed E-state index contributed by atoms with van der Waals surface area (Å²) in [6.07, 6.45) is 10.7. The van der Waals surface area contributed by atoms with Crippen molar-refractivity contribution in [1.82, 2.24) is 19.9 Å². The zero-order chi connectivity index (χ0) is 18.9. The fraction of sp³-hybridized carbons (Fsp3) is 0.600. The standard InChI is InChI=1S/C20H32N6/c1-6-26(7-2)20-15-21-17(12-23-20)10-8-9-11-25(5)19-14-22-18(13-24-19)16(3)4/h12-16H,6-11H2,1-5H3. The van der Waals surface area contributed by atoms with E-state index in [4.69, 9.17) is 0 Å². The predicted molar refractivity (Wildman–Crippen MR) is 108 cm³/mol. The fourth-order valence-corrected chi connectivity index (χ4v) is 2.78. The van der Waals surface area contributed by atoms with Crippen molar-refractivity contribution < 1.29 is 0 Å². The van der Waals surface area contributed by atoms with E-state index in [1.54, 1.807) is 0 Å². The molecule has 2 rings (SSSR count). The van der Waals surface area contributed by atoms with Gasteiger partial charge in [0, 0.05) is 26.7 Å². The lowest BCUT2D eigenvalue weighted by Gasteiger charge is -2.19. The summed E-state index contributed by atoms with van der Waals surface area (Å²) in [5.74, 6) is 2.30. The molecule has 0 aliphatic heterocycles. The molecule has 0 atom stereocenters. The average Bonchev–Trinajstić information content (AvgIpc) is 2.67. The van der Waals surface area contributed by atoms with Gasteiger partial charge in [-0.3, -0.25) is 9.97 Å². The van der Waals surface area contributed by atoms with Crippen molar-refractivity contribution >= 4 is 11.6 Å². The maximum absolute atomic E-state index is 4.56. The van der Waals surface area contributed by atoms with Crippen LogP contribution in [0.4, 0.5) is 11.6 Å². The summed E-state index contributed by atoms with van der Waals surface area (Å²) in [4.78, 5) is 22.5. The molecule has 142 valence electrons. The minimum Gasteiger partial charge on any atom is -0.358 e. The van der Waals surface area contributed by atoms with Gasteiger partial charge in [0.15, 0.2) is 0 Å². The van der Waals surface area contributed by atoms with E-state index in [0.29, 0.717) is 5.92 Å². The van der Waals surface area contributed by atoms with Gasteiger partial charge in [0.05, 0.1) is 36.2 Å².